The van der Waals surface area contributed by atoms with E-state index in [2.05, 4.69) is 32.4 Å². The second-order valence-electron chi connectivity index (χ2n) is 6.50. The van der Waals surface area contributed by atoms with Gasteiger partial charge in [-0.05, 0) is 42.7 Å². The maximum atomic E-state index is 11.4. The third-order valence-electron chi connectivity index (χ3n) is 4.91. The number of methoxy groups -OCH3 is 1. The van der Waals surface area contributed by atoms with E-state index < -0.39 is 5.97 Å². The van der Waals surface area contributed by atoms with Crippen molar-refractivity contribution >= 4 is 23.4 Å². The highest BCUT2D eigenvalue weighted by Gasteiger charge is 2.34. The standard InChI is InChI=1S/C19H22ClN3O2/c1-25-18(24)16-8-9-17(23-22-16)21-13-19(10-3-2-4-11-19)14-6-5-7-15(20)12-14/h5-9,12H,2-4,10-11,13H2,1H3,(H,21,23). The van der Waals surface area contributed by atoms with E-state index in [1.165, 1.54) is 31.9 Å². The molecule has 0 unspecified atom stereocenters. The quantitative estimate of drug-likeness (QED) is 0.809. The number of carbonyl (C=O) groups excluding carboxylic acids is 1. The predicted molar refractivity (Wildman–Crippen MR) is 98.1 cm³/mol. The highest BCUT2D eigenvalue weighted by atomic mass is 35.5. The van der Waals surface area contributed by atoms with Crippen molar-refractivity contribution in [3.8, 4) is 0 Å². The number of esters is 1. The first-order chi connectivity index (χ1) is 12.1. The summed E-state index contributed by atoms with van der Waals surface area (Å²) in [6, 6.07) is 11.5. The Labute approximate surface area is 152 Å². The van der Waals surface area contributed by atoms with Crippen molar-refractivity contribution in [1.29, 1.82) is 0 Å². The van der Waals surface area contributed by atoms with Crippen LogP contribution in [-0.4, -0.2) is 29.8 Å². The number of hydrogen-bond acceptors (Lipinski definition) is 5. The number of nitrogens with one attached hydrogen (secondary N) is 1. The number of hydrogen-bond donors (Lipinski definition) is 1. The average molecular weight is 360 g/mol. The summed E-state index contributed by atoms with van der Waals surface area (Å²) in [7, 11) is 1.33. The molecule has 3 rings (SSSR count). The molecule has 0 spiro atoms. The smallest absolute Gasteiger partial charge is 0.358 e. The number of aromatic nitrogens is 2. The van der Waals surface area contributed by atoms with Crippen molar-refractivity contribution in [1.82, 2.24) is 10.2 Å². The molecule has 1 fully saturated rings. The van der Waals surface area contributed by atoms with Gasteiger partial charge in [0.25, 0.3) is 0 Å². The van der Waals surface area contributed by atoms with Crippen molar-refractivity contribution in [2.45, 2.75) is 37.5 Å². The van der Waals surface area contributed by atoms with Crippen LogP contribution in [0, 0.1) is 0 Å². The zero-order valence-corrected chi connectivity index (χ0v) is 15.1. The summed E-state index contributed by atoms with van der Waals surface area (Å²) in [5.74, 6) is 0.168. The number of halogens is 1. The molecular weight excluding hydrogens is 338 g/mol. The molecule has 132 valence electrons. The van der Waals surface area contributed by atoms with Crippen molar-refractivity contribution in [3.05, 3.63) is 52.7 Å². The van der Waals surface area contributed by atoms with Gasteiger partial charge >= 0.3 is 5.97 Å². The summed E-state index contributed by atoms with van der Waals surface area (Å²) < 4.78 is 4.64. The Balaban J connectivity index is 1.76. The molecule has 0 atom stereocenters. The zero-order valence-electron chi connectivity index (χ0n) is 14.3. The lowest BCUT2D eigenvalue weighted by Crippen LogP contribution is -2.36. The minimum Gasteiger partial charge on any atom is -0.464 e. The molecular formula is C19H22ClN3O2. The van der Waals surface area contributed by atoms with Gasteiger partial charge in [0.15, 0.2) is 5.69 Å². The number of carbonyl (C=O) groups is 1. The molecule has 1 aliphatic rings. The lowest BCUT2D eigenvalue weighted by molar-refractivity contribution is 0.0592. The molecule has 0 amide bonds. The first-order valence-corrected chi connectivity index (χ1v) is 8.93. The van der Waals surface area contributed by atoms with Gasteiger partial charge in [-0.15, -0.1) is 10.2 Å². The lowest BCUT2D eigenvalue weighted by atomic mass is 9.69. The number of nitrogens with zero attached hydrogens (tertiary/aromatic N) is 2. The molecule has 0 bridgehead atoms. The van der Waals surface area contributed by atoms with E-state index in [0.29, 0.717) is 5.82 Å². The molecule has 0 radical (unpaired) electrons. The maximum Gasteiger partial charge on any atom is 0.358 e. The fraction of sp³-hybridized carbons (Fsp3) is 0.421. The van der Waals surface area contributed by atoms with E-state index in [4.69, 9.17) is 11.6 Å². The van der Waals surface area contributed by atoms with Crippen molar-refractivity contribution < 1.29 is 9.53 Å². The van der Waals surface area contributed by atoms with Gasteiger partial charge in [0.05, 0.1) is 7.11 Å². The van der Waals surface area contributed by atoms with Gasteiger partial charge in [-0.2, -0.15) is 0 Å². The Hall–Kier alpha value is -2.14. The molecule has 0 aliphatic heterocycles. The fourth-order valence-corrected chi connectivity index (χ4v) is 3.70. The highest BCUT2D eigenvalue weighted by molar-refractivity contribution is 6.30. The van der Waals surface area contributed by atoms with Gasteiger partial charge in [0.2, 0.25) is 0 Å². The Morgan fingerprint density at radius 2 is 2.00 bits per heavy atom. The molecule has 1 N–H and O–H groups in total. The topological polar surface area (TPSA) is 64.1 Å². The van der Waals surface area contributed by atoms with Crippen LogP contribution in [0.3, 0.4) is 0 Å². The summed E-state index contributed by atoms with van der Waals surface area (Å²) >= 11 is 6.22. The molecule has 0 saturated heterocycles. The molecule has 25 heavy (non-hydrogen) atoms. The minimum absolute atomic E-state index is 0.0475. The van der Waals surface area contributed by atoms with Crippen molar-refractivity contribution in [3.63, 3.8) is 0 Å². The van der Waals surface area contributed by atoms with Gasteiger partial charge in [-0.1, -0.05) is 43.0 Å². The Kier molecular flexibility index (Phi) is 5.53. The van der Waals surface area contributed by atoms with Gasteiger partial charge < -0.3 is 10.1 Å². The first kappa shape index (κ1) is 17.7. The average Bonchev–Trinajstić information content (AvgIpc) is 2.67. The highest BCUT2D eigenvalue weighted by Crippen LogP contribution is 2.40. The van der Waals surface area contributed by atoms with Gasteiger partial charge in [-0.3, -0.25) is 0 Å². The normalized spacial score (nSPS) is 16.2. The summed E-state index contributed by atoms with van der Waals surface area (Å²) in [5, 5.41) is 12.2. The number of benzene rings is 1. The van der Waals surface area contributed by atoms with Crippen LogP contribution < -0.4 is 5.32 Å². The Morgan fingerprint density at radius 1 is 1.20 bits per heavy atom. The number of rotatable bonds is 5. The lowest BCUT2D eigenvalue weighted by Gasteiger charge is -2.38. The van der Waals surface area contributed by atoms with Crippen LogP contribution in [0.5, 0.6) is 0 Å². The first-order valence-electron chi connectivity index (χ1n) is 8.55. The van der Waals surface area contributed by atoms with Crippen LogP contribution in [0.15, 0.2) is 36.4 Å². The third-order valence-corrected chi connectivity index (χ3v) is 5.15. The second kappa shape index (κ2) is 7.83. The third kappa shape index (κ3) is 4.10. The molecule has 1 aliphatic carbocycles. The van der Waals surface area contributed by atoms with Crippen LogP contribution >= 0.6 is 11.6 Å². The predicted octanol–water partition coefficient (Wildman–Crippen LogP) is 4.23. The van der Waals surface area contributed by atoms with E-state index in [1.54, 1.807) is 12.1 Å². The molecule has 1 aromatic carbocycles. The van der Waals surface area contributed by atoms with E-state index in [-0.39, 0.29) is 11.1 Å². The number of ether oxygens (including phenoxy) is 1. The second-order valence-corrected chi connectivity index (χ2v) is 6.94. The Bertz CT molecular complexity index is 728. The molecule has 6 heteroatoms. The van der Waals surface area contributed by atoms with E-state index >= 15 is 0 Å². The van der Waals surface area contributed by atoms with Crippen LogP contribution in [0.25, 0.3) is 0 Å². The molecule has 1 aromatic heterocycles. The van der Waals surface area contributed by atoms with Crippen molar-refractivity contribution in [2.24, 2.45) is 0 Å². The van der Waals surface area contributed by atoms with E-state index in [0.717, 1.165) is 24.4 Å². The zero-order chi connectivity index (χ0) is 17.7. The summed E-state index contributed by atoms with van der Waals surface area (Å²) in [4.78, 5) is 11.4. The Morgan fingerprint density at radius 3 is 2.64 bits per heavy atom. The van der Waals surface area contributed by atoms with E-state index in [9.17, 15) is 4.79 Å². The van der Waals surface area contributed by atoms with Crippen LogP contribution in [0.1, 0.15) is 48.2 Å². The van der Waals surface area contributed by atoms with Crippen LogP contribution in [0.4, 0.5) is 5.82 Å². The molecule has 1 heterocycles. The van der Waals surface area contributed by atoms with Gasteiger partial charge in [0, 0.05) is 17.0 Å². The SMILES string of the molecule is COC(=O)c1ccc(NCC2(c3cccc(Cl)c3)CCCCC2)nn1. The number of anilines is 1. The monoisotopic (exact) mass is 359 g/mol. The van der Waals surface area contributed by atoms with Crippen LogP contribution in [-0.2, 0) is 10.2 Å². The van der Waals surface area contributed by atoms with Gasteiger partial charge in [-0.25, -0.2) is 4.79 Å². The summed E-state index contributed by atoms with van der Waals surface area (Å²) in [6.07, 6.45) is 5.93. The van der Waals surface area contributed by atoms with Crippen LogP contribution in [0.2, 0.25) is 5.02 Å². The largest absolute Gasteiger partial charge is 0.464 e. The minimum atomic E-state index is -0.485. The maximum absolute atomic E-state index is 11.4. The molecule has 2 aromatic rings. The fourth-order valence-electron chi connectivity index (χ4n) is 3.51. The van der Waals surface area contributed by atoms with Crippen molar-refractivity contribution in [2.75, 3.05) is 19.0 Å². The summed E-state index contributed by atoms with van der Waals surface area (Å²) in [6.45, 7) is 0.763. The molecule has 1 saturated carbocycles. The summed E-state index contributed by atoms with van der Waals surface area (Å²) in [5.41, 5.74) is 1.52. The van der Waals surface area contributed by atoms with E-state index in [1.807, 2.05) is 12.1 Å². The molecule has 5 nitrogen and oxygen atoms in total. The van der Waals surface area contributed by atoms with Gasteiger partial charge in [0.1, 0.15) is 5.82 Å².